The molecule has 0 heterocycles. The van der Waals surface area contributed by atoms with Gasteiger partial charge in [-0.05, 0) is 0 Å². The van der Waals surface area contributed by atoms with Crippen LogP contribution in [0.15, 0.2) is 0 Å². The summed E-state index contributed by atoms with van der Waals surface area (Å²) in [6.45, 7) is -1.09. The molecule has 0 fully saturated rings. The molecule has 0 rings (SSSR count). The molecule has 0 aliphatic heterocycles. The van der Waals surface area contributed by atoms with E-state index in [1.54, 1.807) is 0 Å². The summed E-state index contributed by atoms with van der Waals surface area (Å²) in [5.74, 6) is 0. The van der Waals surface area contributed by atoms with Crippen molar-refractivity contribution in [1.82, 2.24) is 0 Å². The molecule has 0 aromatic heterocycles. The van der Waals surface area contributed by atoms with Gasteiger partial charge in [0.05, 0.1) is 6.61 Å². The monoisotopic (exact) mass is 180 g/mol. The highest BCUT2D eigenvalue weighted by Gasteiger charge is 2.11. The van der Waals surface area contributed by atoms with Crippen molar-refractivity contribution in [3.63, 3.8) is 0 Å². The Hall–Kier alpha value is -1.34. The third-order valence-electron chi connectivity index (χ3n) is 0.775. The number of carbonyl (C=O) groups is 2. The first-order valence-corrected chi connectivity index (χ1v) is 2.92. The molecule has 70 valence electrons. The Morgan fingerprint density at radius 1 is 1.42 bits per heavy atom. The standard InChI is InChI=1S/C5H8O7/c6-1-3(7)2-11-5(10)12-4(8)9/h3,6-7H,1-2H2,(H,8,9). The molecule has 0 spiro atoms. The van der Waals surface area contributed by atoms with Crippen molar-refractivity contribution in [2.75, 3.05) is 13.2 Å². The average molecular weight is 180 g/mol. The summed E-state index contributed by atoms with van der Waals surface area (Å²) < 4.78 is 7.56. The van der Waals surface area contributed by atoms with E-state index in [-0.39, 0.29) is 0 Å². The van der Waals surface area contributed by atoms with Gasteiger partial charge in [-0.1, -0.05) is 0 Å². The van der Waals surface area contributed by atoms with Gasteiger partial charge in [0.1, 0.15) is 12.7 Å². The predicted molar refractivity (Wildman–Crippen MR) is 33.6 cm³/mol. The number of carboxylic acid groups (broad SMARTS) is 1. The van der Waals surface area contributed by atoms with Gasteiger partial charge in [0.15, 0.2) is 0 Å². The summed E-state index contributed by atoms with van der Waals surface area (Å²) >= 11 is 0. The fourth-order valence-corrected chi connectivity index (χ4v) is 0.318. The second-order valence-electron chi connectivity index (χ2n) is 1.77. The van der Waals surface area contributed by atoms with E-state index in [9.17, 15) is 9.59 Å². The summed E-state index contributed by atoms with van der Waals surface area (Å²) in [5.41, 5.74) is 0. The highest BCUT2D eigenvalue weighted by molar-refractivity contribution is 5.75. The molecule has 0 saturated carbocycles. The number of ether oxygens (including phenoxy) is 2. The van der Waals surface area contributed by atoms with Gasteiger partial charge in [0.25, 0.3) is 0 Å². The number of aliphatic hydroxyl groups excluding tert-OH is 2. The van der Waals surface area contributed by atoms with Gasteiger partial charge in [0, 0.05) is 0 Å². The molecule has 12 heavy (non-hydrogen) atoms. The van der Waals surface area contributed by atoms with Crippen molar-refractivity contribution in [3.05, 3.63) is 0 Å². The lowest BCUT2D eigenvalue weighted by Gasteiger charge is -2.06. The smallest absolute Gasteiger partial charge is 0.449 e. The topological polar surface area (TPSA) is 113 Å². The molecule has 0 aliphatic carbocycles. The Kier molecular flexibility index (Phi) is 4.73. The molecule has 0 aliphatic rings. The van der Waals surface area contributed by atoms with Crippen LogP contribution in [-0.2, 0) is 9.47 Å². The molecule has 0 aromatic rings. The number of hydrogen-bond donors (Lipinski definition) is 3. The summed E-state index contributed by atoms with van der Waals surface area (Å²) in [6.07, 6.45) is -4.46. The molecule has 0 amide bonds. The molecular formula is C5H8O7. The molecule has 0 saturated heterocycles. The highest BCUT2D eigenvalue weighted by Crippen LogP contribution is 1.89. The van der Waals surface area contributed by atoms with Crippen LogP contribution in [0.25, 0.3) is 0 Å². The molecule has 3 N–H and O–H groups in total. The second kappa shape index (κ2) is 5.33. The minimum atomic E-state index is -1.79. The Morgan fingerprint density at radius 2 is 2.00 bits per heavy atom. The van der Waals surface area contributed by atoms with Gasteiger partial charge in [-0.25, -0.2) is 9.59 Å². The number of hydrogen-bond acceptors (Lipinski definition) is 6. The quantitative estimate of drug-likeness (QED) is 0.383. The zero-order valence-electron chi connectivity index (χ0n) is 5.97. The Labute approximate surface area is 67.1 Å². The summed E-state index contributed by atoms with van der Waals surface area (Å²) in [6, 6.07) is 0. The maximum atomic E-state index is 10.3. The Balaban J connectivity index is 3.50. The SMILES string of the molecule is O=C(O)OC(=O)OCC(O)CO. The van der Waals surface area contributed by atoms with Gasteiger partial charge in [-0.2, -0.15) is 0 Å². The van der Waals surface area contributed by atoms with E-state index in [4.69, 9.17) is 15.3 Å². The van der Waals surface area contributed by atoms with Crippen LogP contribution >= 0.6 is 0 Å². The third-order valence-corrected chi connectivity index (χ3v) is 0.775. The van der Waals surface area contributed by atoms with Crippen molar-refractivity contribution in [2.45, 2.75) is 6.10 Å². The summed E-state index contributed by atoms with van der Waals surface area (Å²) in [5, 5.41) is 24.7. The van der Waals surface area contributed by atoms with Crippen LogP contribution in [0.2, 0.25) is 0 Å². The van der Waals surface area contributed by atoms with Crippen LogP contribution in [0.1, 0.15) is 0 Å². The molecule has 7 heteroatoms. The van der Waals surface area contributed by atoms with E-state index in [2.05, 4.69) is 9.47 Å². The lowest BCUT2D eigenvalue weighted by Crippen LogP contribution is -2.23. The minimum absolute atomic E-state index is 0.511. The lowest BCUT2D eigenvalue weighted by atomic mass is 10.4. The van der Waals surface area contributed by atoms with Crippen molar-refractivity contribution in [3.8, 4) is 0 Å². The number of aliphatic hydroxyl groups is 2. The van der Waals surface area contributed by atoms with E-state index >= 15 is 0 Å². The lowest BCUT2D eigenvalue weighted by molar-refractivity contribution is 0.00495. The van der Waals surface area contributed by atoms with Gasteiger partial charge >= 0.3 is 12.3 Å². The average Bonchev–Trinajstić information content (AvgIpc) is 1.99. The maximum Gasteiger partial charge on any atom is 0.518 e. The zero-order chi connectivity index (χ0) is 9.56. The van der Waals surface area contributed by atoms with Crippen LogP contribution in [-0.4, -0.2) is 46.9 Å². The molecule has 1 unspecified atom stereocenters. The molecule has 0 aromatic carbocycles. The van der Waals surface area contributed by atoms with Gasteiger partial charge in [0.2, 0.25) is 0 Å². The first-order chi connectivity index (χ1) is 5.56. The van der Waals surface area contributed by atoms with Gasteiger partial charge in [-0.15, -0.1) is 0 Å². The second-order valence-corrected chi connectivity index (χ2v) is 1.77. The van der Waals surface area contributed by atoms with E-state index in [0.29, 0.717) is 0 Å². The number of carbonyl (C=O) groups excluding carboxylic acids is 1. The molecule has 1 atom stereocenters. The van der Waals surface area contributed by atoms with E-state index in [1.165, 1.54) is 0 Å². The third kappa shape index (κ3) is 5.45. The van der Waals surface area contributed by atoms with Crippen molar-refractivity contribution in [2.24, 2.45) is 0 Å². The summed E-state index contributed by atoms with van der Waals surface area (Å²) in [7, 11) is 0. The Morgan fingerprint density at radius 3 is 2.42 bits per heavy atom. The predicted octanol–water partition coefficient (Wildman–Crippen LogP) is -0.829. The fraction of sp³-hybridized carbons (Fsp3) is 0.600. The van der Waals surface area contributed by atoms with Gasteiger partial charge < -0.3 is 24.8 Å². The van der Waals surface area contributed by atoms with E-state index < -0.39 is 31.6 Å². The first-order valence-electron chi connectivity index (χ1n) is 2.92. The van der Waals surface area contributed by atoms with Crippen molar-refractivity contribution in [1.29, 1.82) is 0 Å². The van der Waals surface area contributed by atoms with E-state index in [1.807, 2.05) is 0 Å². The van der Waals surface area contributed by atoms with Crippen LogP contribution in [0, 0.1) is 0 Å². The van der Waals surface area contributed by atoms with Gasteiger partial charge in [-0.3, -0.25) is 0 Å². The minimum Gasteiger partial charge on any atom is -0.449 e. The van der Waals surface area contributed by atoms with E-state index in [0.717, 1.165) is 0 Å². The summed E-state index contributed by atoms with van der Waals surface area (Å²) in [4.78, 5) is 19.9. The molecule has 7 nitrogen and oxygen atoms in total. The van der Waals surface area contributed by atoms with Crippen LogP contribution in [0.5, 0.6) is 0 Å². The van der Waals surface area contributed by atoms with Crippen molar-refractivity contribution < 1.29 is 34.4 Å². The molecular weight excluding hydrogens is 172 g/mol. The van der Waals surface area contributed by atoms with Crippen LogP contribution < -0.4 is 0 Å². The molecule has 0 radical (unpaired) electrons. The first kappa shape index (κ1) is 10.7. The van der Waals surface area contributed by atoms with Crippen molar-refractivity contribution >= 4 is 12.3 Å². The largest absolute Gasteiger partial charge is 0.518 e. The Bertz CT molecular complexity index is 165. The normalized spacial score (nSPS) is 11.8. The fourth-order valence-electron chi connectivity index (χ4n) is 0.318. The van der Waals surface area contributed by atoms with Crippen LogP contribution in [0.4, 0.5) is 9.59 Å². The highest BCUT2D eigenvalue weighted by atomic mass is 16.8. The number of rotatable bonds is 3. The maximum absolute atomic E-state index is 10.3. The molecule has 0 bridgehead atoms. The van der Waals surface area contributed by atoms with Crippen LogP contribution in [0.3, 0.4) is 0 Å². The zero-order valence-corrected chi connectivity index (χ0v) is 5.97.